The molecule has 255 valence electrons. The Balaban J connectivity index is 3.03. The maximum absolute atomic E-state index is 13.2. The molecule has 6 atom stereocenters. The summed E-state index contributed by atoms with van der Waals surface area (Å²) in [7, 11) is 0. The molecule has 5 amide bonds. The number of carboxylic acids is 1. The number of aliphatic carboxylic acids is 1. The summed E-state index contributed by atoms with van der Waals surface area (Å²) in [4.78, 5) is 87.4. The molecule has 46 heavy (non-hydrogen) atoms. The predicted molar refractivity (Wildman–Crippen MR) is 171 cm³/mol. The van der Waals surface area contributed by atoms with Crippen LogP contribution < -0.4 is 32.3 Å². The van der Waals surface area contributed by atoms with E-state index in [9.17, 15) is 38.7 Å². The number of rotatable bonds is 21. The van der Waals surface area contributed by atoms with Gasteiger partial charge in [0.15, 0.2) is 0 Å². The minimum Gasteiger partial charge on any atom is -0.481 e. The molecule has 0 saturated heterocycles. The topological polar surface area (TPSA) is 246 Å². The molecule has 0 aromatic heterocycles. The highest BCUT2D eigenvalue weighted by Gasteiger charge is 2.33. The number of carbonyl (C=O) groups excluding carboxylic acids is 6. The zero-order valence-corrected chi connectivity index (χ0v) is 27.2. The second kappa shape index (κ2) is 20.9. The molecule has 0 spiro atoms. The molecule has 0 aliphatic carbocycles. The number of carbonyl (C=O) groups is 6. The Bertz CT molecular complexity index is 1180. The van der Waals surface area contributed by atoms with Crippen molar-refractivity contribution >= 4 is 53.6 Å². The smallest absolute Gasteiger partial charge is 0.303 e. The molecule has 0 heterocycles. The van der Waals surface area contributed by atoms with E-state index in [4.69, 9.17) is 10.8 Å². The third-order valence-electron chi connectivity index (χ3n) is 6.74. The van der Waals surface area contributed by atoms with Gasteiger partial charge in [-0.05, 0) is 43.3 Å². The van der Waals surface area contributed by atoms with Crippen molar-refractivity contribution in [2.75, 3.05) is 18.6 Å². The van der Waals surface area contributed by atoms with E-state index in [0.29, 0.717) is 5.75 Å². The van der Waals surface area contributed by atoms with E-state index in [1.807, 2.05) is 6.26 Å². The predicted octanol–water partition coefficient (Wildman–Crippen LogP) is -1.62. The van der Waals surface area contributed by atoms with E-state index >= 15 is 0 Å². The molecule has 0 bridgehead atoms. The highest BCUT2D eigenvalue weighted by atomic mass is 32.2. The van der Waals surface area contributed by atoms with Gasteiger partial charge in [0.05, 0.1) is 18.7 Å². The van der Waals surface area contributed by atoms with Crippen molar-refractivity contribution in [2.45, 2.75) is 82.7 Å². The van der Waals surface area contributed by atoms with Crippen LogP contribution in [0.25, 0.3) is 0 Å². The molecule has 16 heteroatoms. The Kier molecular flexibility index (Phi) is 18.2. The molecule has 0 aliphatic heterocycles. The molecule has 1 unspecified atom stereocenters. The zero-order valence-electron chi connectivity index (χ0n) is 26.4. The highest BCUT2D eigenvalue weighted by Crippen LogP contribution is 2.08. The fourth-order valence-electron chi connectivity index (χ4n) is 4.11. The van der Waals surface area contributed by atoms with Crippen molar-refractivity contribution in [3.63, 3.8) is 0 Å². The van der Waals surface area contributed by atoms with E-state index in [2.05, 4.69) is 26.6 Å². The molecule has 1 rings (SSSR count). The summed E-state index contributed by atoms with van der Waals surface area (Å²) in [5.41, 5.74) is 6.34. The van der Waals surface area contributed by atoms with Crippen molar-refractivity contribution < 1.29 is 43.8 Å². The van der Waals surface area contributed by atoms with Gasteiger partial charge in [-0.3, -0.25) is 33.6 Å². The lowest BCUT2D eigenvalue weighted by Gasteiger charge is -2.28. The average molecular weight is 666 g/mol. The molecule has 15 nitrogen and oxygen atoms in total. The summed E-state index contributed by atoms with van der Waals surface area (Å²) >= 11 is 1.45. The first-order valence-corrected chi connectivity index (χ1v) is 16.1. The second-order valence-corrected chi connectivity index (χ2v) is 12.0. The molecule has 0 aliphatic rings. The third-order valence-corrected chi connectivity index (χ3v) is 7.38. The van der Waals surface area contributed by atoms with Gasteiger partial charge in [-0.25, -0.2) is 0 Å². The highest BCUT2D eigenvalue weighted by molar-refractivity contribution is 7.98. The number of carboxylic acid groups (broad SMARTS) is 1. The normalized spacial score (nSPS) is 14.8. The Morgan fingerprint density at radius 1 is 0.804 bits per heavy atom. The average Bonchev–Trinajstić information content (AvgIpc) is 3.01. The number of nitrogens with one attached hydrogen (secondary N) is 5. The van der Waals surface area contributed by atoms with Crippen LogP contribution in [0.3, 0.4) is 0 Å². The second-order valence-electron chi connectivity index (χ2n) is 11.0. The minimum absolute atomic E-state index is 0.0976. The Hall–Kier alpha value is -4.02. The van der Waals surface area contributed by atoms with Crippen LogP contribution in [-0.2, 0) is 40.0 Å². The fraction of sp³-hybridized carbons (Fsp3) is 0.567. The first-order chi connectivity index (χ1) is 21.7. The third kappa shape index (κ3) is 14.4. The number of aliphatic hydroxyl groups is 1. The number of benzene rings is 1. The van der Waals surface area contributed by atoms with Gasteiger partial charge < -0.3 is 42.5 Å². The Morgan fingerprint density at radius 2 is 1.35 bits per heavy atom. The van der Waals surface area contributed by atoms with Crippen LogP contribution in [0, 0.1) is 5.92 Å². The fourth-order valence-corrected chi connectivity index (χ4v) is 4.58. The van der Waals surface area contributed by atoms with Crippen LogP contribution in [0.1, 0.15) is 45.6 Å². The molecular weight excluding hydrogens is 620 g/mol. The van der Waals surface area contributed by atoms with Gasteiger partial charge in [0.1, 0.15) is 24.2 Å². The van der Waals surface area contributed by atoms with E-state index in [-0.39, 0.29) is 19.3 Å². The number of thioether (sulfide) groups is 1. The minimum atomic E-state index is -1.59. The van der Waals surface area contributed by atoms with Gasteiger partial charge in [0.25, 0.3) is 0 Å². The number of hydrogen-bond acceptors (Lipinski definition) is 10. The van der Waals surface area contributed by atoms with Gasteiger partial charge in [0, 0.05) is 12.8 Å². The maximum atomic E-state index is 13.2. The van der Waals surface area contributed by atoms with Crippen molar-refractivity contribution in [2.24, 2.45) is 11.7 Å². The van der Waals surface area contributed by atoms with Crippen LogP contribution in [0.5, 0.6) is 0 Å². The summed E-state index contributed by atoms with van der Waals surface area (Å²) in [5, 5.41) is 31.3. The van der Waals surface area contributed by atoms with Gasteiger partial charge >= 0.3 is 5.97 Å². The van der Waals surface area contributed by atoms with E-state index in [1.165, 1.54) is 18.7 Å². The monoisotopic (exact) mass is 665 g/mol. The number of hydrogen-bond donors (Lipinski definition) is 8. The maximum Gasteiger partial charge on any atom is 0.303 e. The number of aliphatic hydroxyl groups excluding tert-OH is 1. The summed E-state index contributed by atoms with van der Waals surface area (Å²) < 4.78 is 0. The Labute approximate surface area is 272 Å². The van der Waals surface area contributed by atoms with Gasteiger partial charge in [-0.1, -0.05) is 44.2 Å². The van der Waals surface area contributed by atoms with Crippen molar-refractivity contribution in [1.29, 1.82) is 0 Å². The van der Waals surface area contributed by atoms with Crippen molar-refractivity contribution in [3.8, 4) is 0 Å². The van der Waals surface area contributed by atoms with Crippen molar-refractivity contribution in [3.05, 3.63) is 35.9 Å². The lowest BCUT2D eigenvalue weighted by Crippen LogP contribution is -2.60. The number of amides is 5. The molecule has 0 saturated carbocycles. The van der Waals surface area contributed by atoms with Gasteiger partial charge in [-0.2, -0.15) is 11.8 Å². The standard InChI is InChI=1S/C30H45N6O9S/c1-17(2)25(36-28(43)22(12-13-46-4)33-26(41)18(3)31)30(45)35-23(16-38)29(44)34-21(10-11-24(39)40)27(42)32-20(15-37)14-19-8-6-5-7-9-19/h5-9,17-18,20-23,25,38H,10-14,16,31H2,1-4H3,(H,32,42)(H,33,41)(H,34,44)(H,35,45)(H,36,43)(H,39,40)/t18-,20?,21-,22-,23-,25-/m0/s1. The summed E-state index contributed by atoms with van der Waals surface area (Å²) in [5.74, 6) is -5.11. The molecule has 1 radical (unpaired) electrons. The van der Waals surface area contributed by atoms with Crippen molar-refractivity contribution in [1.82, 2.24) is 26.6 Å². The SMILES string of the molecule is CSCC[C@H](NC(=O)[C@H](C)N)C(=O)N[C@H](C(=O)N[C@@H](CO)C(=O)N[C@@H](CCC(=O)O)C(=O)NC([C]=O)Cc1ccccc1)C(C)C. The summed E-state index contributed by atoms with van der Waals surface area (Å²) in [6.45, 7) is 3.84. The quantitative estimate of drug-likeness (QED) is 0.0741. The molecule has 1 aromatic carbocycles. The van der Waals surface area contributed by atoms with Crippen LogP contribution in [0.4, 0.5) is 0 Å². The van der Waals surface area contributed by atoms with Gasteiger partial charge in [-0.15, -0.1) is 0 Å². The van der Waals surface area contributed by atoms with E-state index in [0.717, 1.165) is 5.56 Å². The summed E-state index contributed by atoms with van der Waals surface area (Å²) in [6, 6.07) is 1.58. The zero-order chi connectivity index (χ0) is 34.8. The first-order valence-electron chi connectivity index (χ1n) is 14.7. The number of nitrogens with two attached hydrogens (primary N) is 1. The largest absolute Gasteiger partial charge is 0.481 e. The summed E-state index contributed by atoms with van der Waals surface area (Å²) in [6.07, 6.45) is 3.03. The first kappa shape index (κ1) is 40.0. The molecule has 0 fully saturated rings. The molecule has 1 aromatic rings. The van der Waals surface area contributed by atoms with Crippen LogP contribution >= 0.6 is 11.8 Å². The lowest BCUT2D eigenvalue weighted by atomic mass is 10.0. The van der Waals surface area contributed by atoms with Crippen LogP contribution in [-0.4, -0.2) is 107 Å². The van der Waals surface area contributed by atoms with E-state index in [1.54, 1.807) is 50.5 Å². The van der Waals surface area contributed by atoms with E-state index < -0.39 is 90.7 Å². The molecular formula is C30H45N6O9S. The van der Waals surface area contributed by atoms with Gasteiger partial charge in [0.2, 0.25) is 35.8 Å². The Morgan fingerprint density at radius 3 is 1.87 bits per heavy atom. The van der Waals surface area contributed by atoms with Crippen LogP contribution in [0.15, 0.2) is 30.3 Å². The molecule has 9 N–H and O–H groups in total. The lowest BCUT2D eigenvalue weighted by molar-refractivity contribution is -0.138. The van der Waals surface area contributed by atoms with Crippen LogP contribution in [0.2, 0.25) is 0 Å².